The smallest absolute Gasteiger partial charge is 0.324 e. The third-order valence-electron chi connectivity index (χ3n) is 3.84. The molecule has 0 unspecified atom stereocenters. The Morgan fingerprint density at radius 3 is 2.25 bits per heavy atom. The van der Waals surface area contributed by atoms with Crippen LogP contribution in [0.3, 0.4) is 0 Å². The predicted molar refractivity (Wildman–Crippen MR) is 72.2 cm³/mol. The van der Waals surface area contributed by atoms with Crippen molar-refractivity contribution in [3.63, 3.8) is 0 Å². The number of benzene rings is 1. The van der Waals surface area contributed by atoms with Crippen molar-refractivity contribution in [2.24, 2.45) is 11.7 Å². The summed E-state index contributed by atoms with van der Waals surface area (Å²) in [6.07, 6.45) is 0.196. The number of alkyl halides is 3. The summed E-state index contributed by atoms with van der Waals surface area (Å²) in [5.41, 5.74) is 5.04. The molecule has 1 nitrogen and oxygen atoms in total. The zero-order valence-corrected chi connectivity index (χ0v) is 11.7. The fourth-order valence-corrected chi connectivity index (χ4v) is 2.81. The summed E-state index contributed by atoms with van der Waals surface area (Å²) < 4.78 is 52.0. The maximum atomic E-state index is 13.2. The van der Waals surface area contributed by atoms with Crippen molar-refractivity contribution in [2.45, 2.75) is 44.3 Å². The molecule has 0 spiro atoms. The quantitative estimate of drug-likeness (QED) is 0.777. The molecule has 0 saturated heterocycles. The van der Waals surface area contributed by atoms with E-state index in [1.807, 2.05) is 0 Å². The summed E-state index contributed by atoms with van der Waals surface area (Å²) in [5.74, 6) is -0.661. The van der Waals surface area contributed by atoms with E-state index in [0.717, 1.165) is 50.3 Å². The molecular formula is C14H18ClF4N. The summed E-state index contributed by atoms with van der Waals surface area (Å²) in [6, 6.07) is 1.81. The van der Waals surface area contributed by atoms with Crippen molar-refractivity contribution in [2.75, 3.05) is 0 Å². The number of hydrogen-bond acceptors (Lipinski definition) is 1. The van der Waals surface area contributed by atoms with Gasteiger partial charge in [0.1, 0.15) is 5.82 Å². The molecule has 20 heavy (non-hydrogen) atoms. The average Bonchev–Trinajstić information content (AvgIpc) is 2.37. The van der Waals surface area contributed by atoms with E-state index >= 15 is 0 Å². The van der Waals surface area contributed by atoms with E-state index in [-0.39, 0.29) is 23.9 Å². The van der Waals surface area contributed by atoms with Crippen molar-refractivity contribution >= 4 is 12.4 Å². The Morgan fingerprint density at radius 1 is 1.10 bits per heavy atom. The first-order valence-electron chi connectivity index (χ1n) is 6.52. The van der Waals surface area contributed by atoms with E-state index in [9.17, 15) is 17.6 Å². The van der Waals surface area contributed by atoms with Crippen molar-refractivity contribution in [1.82, 2.24) is 0 Å². The van der Waals surface area contributed by atoms with Crippen LogP contribution in [0.1, 0.15) is 49.3 Å². The first-order valence-corrected chi connectivity index (χ1v) is 6.52. The lowest BCUT2D eigenvalue weighted by atomic mass is 9.80. The summed E-state index contributed by atoms with van der Waals surface area (Å²) >= 11 is 0. The molecule has 0 bridgehead atoms. The molecule has 2 rings (SSSR count). The van der Waals surface area contributed by atoms with Crippen LogP contribution in [0.25, 0.3) is 0 Å². The second-order valence-corrected chi connectivity index (χ2v) is 5.15. The van der Waals surface area contributed by atoms with Crippen molar-refractivity contribution < 1.29 is 17.6 Å². The van der Waals surface area contributed by atoms with Crippen LogP contribution in [-0.2, 0) is 6.18 Å². The summed E-state index contributed by atoms with van der Waals surface area (Å²) in [7, 11) is 0. The third kappa shape index (κ3) is 3.85. The van der Waals surface area contributed by atoms with Crippen LogP contribution in [0, 0.1) is 11.7 Å². The number of nitrogens with two attached hydrogens (primary N) is 1. The Bertz CT molecular complexity index is 441. The molecule has 1 fully saturated rings. The van der Waals surface area contributed by atoms with Gasteiger partial charge in [-0.3, -0.25) is 0 Å². The largest absolute Gasteiger partial charge is 0.416 e. The highest BCUT2D eigenvalue weighted by molar-refractivity contribution is 5.85. The maximum Gasteiger partial charge on any atom is 0.416 e. The number of rotatable bonds is 2. The van der Waals surface area contributed by atoms with Crippen LogP contribution in [0.4, 0.5) is 17.6 Å². The van der Waals surface area contributed by atoms with Gasteiger partial charge >= 0.3 is 6.18 Å². The van der Waals surface area contributed by atoms with Crippen molar-refractivity contribution in [3.8, 4) is 0 Å². The molecule has 0 aliphatic heterocycles. The van der Waals surface area contributed by atoms with E-state index in [4.69, 9.17) is 5.73 Å². The molecule has 2 N–H and O–H groups in total. The van der Waals surface area contributed by atoms with Gasteiger partial charge in [0.25, 0.3) is 0 Å². The van der Waals surface area contributed by atoms with Gasteiger partial charge in [0.2, 0.25) is 0 Å². The summed E-state index contributed by atoms with van der Waals surface area (Å²) in [4.78, 5) is 0. The average molecular weight is 312 g/mol. The molecule has 0 amide bonds. The molecule has 0 heterocycles. The van der Waals surface area contributed by atoms with E-state index in [1.54, 1.807) is 0 Å². The zero-order valence-electron chi connectivity index (χ0n) is 10.9. The van der Waals surface area contributed by atoms with Crippen LogP contribution in [0.5, 0.6) is 0 Å². The lowest BCUT2D eigenvalue weighted by Crippen LogP contribution is -2.26. The van der Waals surface area contributed by atoms with Gasteiger partial charge in [-0.25, -0.2) is 4.39 Å². The van der Waals surface area contributed by atoms with Gasteiger partial charge in [0.05, 0.1) is 5.56 Å². The first kappa shape index (κ1) is 17.2. The SMILES string of the molecule is Cl.N[C@@H](c1cc(F)ccc1C(F)(F)F)C1CCCCC1. The van der Waals surface area contributed by atoms with Gasteiger partial charge in [-0.2, -0.15) is 13.2 Å². The highest BCUT2D eigenvalue weighted by Crippen LogP contribution is 2.39. The molecule has 0 aromatic heterocycles. The third-order valence-corrected chi connectivity index (χ3v) is 3.84. The highest BCUT2D eigenvalue weighted by Gasteiger charge is 2.36. The van der Waals surface area contributed by atoms with E-state index in [2.05, 4.69) is 0 Å². The molecule has 1 aromatic rings. The normalized spacial score (nSPS) is 18.4. The molecule has 0 radical (unpaired) electrons. The minimum atomic E-state index is -4.49. The van der Waals surface area contributed by atoms with Gasteiger partial charge in [-0.1, -0.05) is 19.3 Å². The van der Waals surface area contributed by atoms with Gasteiger partial charge in [0.15, 0.2) is 0 Å². The second-order valence-electron chi connectivity index (χ2n) is 5.15. The monoisotopic (exact) mass is 311 g/mol. The molecular weight excluding hydrogens is 294 g/mol. The minimum absolute atomic E-state index is 0. The van der Waals surface area contributed by atoms with Crippen LogP contribution in [-0.4, -0.2) is 0 Å². The fourth-order valence-electron chi connectivity index (χ4n) is 2.81. The molecule has 1 atom stereocenters. The van der Waals surface area contributed by atoms with Crippen molar-refractivity contribution in [3.05, 3.63) is 35.1 Å². The number of hydrogen-bond donors (Lipinski definition) is 1. The van der Waals surface area contributed by atoms with Gasteiger partial charge in [-0.15, -0.1) is 12.4 Å². The van der Waals surface area contributed by atoms with Gasteiger partial charge in [-0.05, 0) is 42.5 Å². The Morgan fingerprint density at radius 2 is 1.70 bits per heavy atom. The zero-order chi connectivity index (χ0) is 14.0. The second kappa shape index (κ2) is 6.76. The lowest BCUT2D eigenvalue weighted by Gasteiger charge is -2.29. The van der Waals surface area contributed by atoms with Gasteiger partial charge in [0, 0.05) is 6.04 Å². The topological polar surface area (TPSA) is 26.0 Å². The molecule has 1 aliphatic carbocycles. The Hall–Kier alpha value is -0.810. The molecule has 1 saturated carbocycles. The Balaban J connectivity index is 0.00000200. The minimum Gasteiger partial charge on any atom is -0.324 e. The molecule has 114 valence electrons. The summed E-state index contributed by atoms with van der Waals surface area (Å²) in [5, 5.41) is 0. The fraction of sp³-hybridized carbons (Fsp3) is 0.571. The van der Waals surface area contributed by atoms with Crippen LogP contribution in [0.2, 0.25) is 0 Å². The number of halogens is 5. The lowest BCUT2D eigenvalue weighted by molar-refractivity contribution is -0.138. The molecule has 6 heteroatoms. The van der Waals surface area contributed by atoms with Crippen LogP contribution in [0.15, 0.2) is 18.2 Å². The standard InChI is InChI=1S/C14H17F4N.ClH/c15-10-6-7-12(14(16,17)18)11(8-10)13(19)9-4-2-1-3-5-9;/h6-9,13H,1-5,19H2;1H/t13-;/m1./s1. The van der Waals surface area contributed by atoms with Gasteiger partial charge < -0.3 is 5.73 Å². The molecule has 1 aliphatic rings. The maximum absolute atomic E-state index is 13.2. The summed E-state index contributed by atoms with van der Waals surface area (Å²) in [6.45, 7) is 0. The van der Waals surface area contributed by atoms with E-state index in [0.29, 0.717) is 0 Å². The van der Waals surface area contributed by atoms with E-state index in [1.165, 1.54) is 0 Å². The van der Waals surface area contributed by atoms with Crippen molar-refractivity contribution in [1.29, 1.82) is 0 Å². The van der Waals surface area contributed by atoms with Crippen LogP contribution >= 0.6 is 12.4 Å². The first-order chi connectivity index (χ1) is 8.89. The highest BCUT2D eigenvalue weighted by atomic mass is 35.5. The molecule has 1 aromatic carbocycles. The van der Waals surface area contributed by atoms with Crippen LogP contribution < -0.4 is 5.73 Å². The van der Waals surface area contributed by atoms with E-state index < -0.39 is 23.6 Å². The Labute approximate surface area is 122 Å². The Kier molecular flexibility index (Phi) is 5.83. The predicted octanol–water partition coefficient (Wildman–Crippen LogP) is 4.85.